The van der Waals surface area contributed by atoms with Crippen molar-refractivity contribution < 1.29 is 4.39 Å². The average molecular weight is 281 g/mol. The SMILES string of the molecule is CCNC(c1cncc(F)c1)c1nccc2ccccc12. The molecule has 2 heterocycles. The molecule has 1 atom stereocenters. The Labute approximate surface area is 122 Å². The van der Waals surface area contributed by atoms with E-state index in [1.165, 1.54) is 12.3 Å². The van der Waals surface area contributed by atoms with Gasteiger partial charge in [-0.15, -0.1) is 0 Å². The van der Waals surface area contributed by atoms with Crippen LogP contribution in [0.15, 0.2) is 55.0 Å². The van der Waals surface area contributed by atoms with E-state index in [0.29, 0.717) is 0 Å². The molecule has 0 aliphatic rings. The highest BCUT2D eigenvalue weighted by molar-refractivity contribution is 5.85. The molecule has 3 nitrogen and oxygen atoms in total. The van der Waals surface area contributed by atoms with Crippen LogP contribution in [-0.2, 0) is 0 Å². The lowest BCUT2D eigenvalue weighted by Crippen LogP contribution is -2.23. The zero-order valence-corrected chi connectivity index (χ0v) is 11.8. The molecule has 3 aromatic rings. The normalized spacial score (nSPS) is 12.5. The van der Waals surface area contributed by atoms with Crippen molar-refractivity contribution in [1.29, 1.82) is 0 Å². The number of rotatable bonds is 4. The lowest BCUT2D eigenvalue weighted by Gasteiger charge is -2.19. The Balaban J connectivity index is 2.16. The zero-order chi connectivity index (χ0) is 14.7. The number of nitrogens with one attached hydrogen (secondary N) is 1. The van der Waals surface area contributed by atoms with E-state index in [0.717, 1.165) is 28.6 Å². The molecule has 4 heteroatoms. The first-order chi connectivity index (χ1) is 10.3. The highest BCUT2D eigenvalue weighted by atomic mass is 19.1. The topological polar surface area (TPSA) is 37.8 Å². The van der Waals surface area contributed by atoms with Crippen molar-refractivity contribution in [3.05, 3.63) is 72.1 Å². The summed E-state index contributed by atoms with van der Waals surface area (Å²) in [6.45, 7) is 2.77. The number of nitrogens with zero attached hydrogens (tertiary/aromatic N) is 2. The minimum absolute atomic E-state index is 0.177. The van der Waals surface area contributed by atoms with E-state index in [1.54, 1.807) is 12.4 Å². The maximum absolute atomic E-state index is 13.5. The summed E-state index contributed by atoms with van der Waals surface area (Å²) in [6, 6.07) is 11.4. The molecule has 0 aliphatic heterocycles. The van der Waals surface area contributed by atoms with E-state index in [2.05, 4.69) is 15.3 Å². The van der Waals surface area contributed by atoms with E-state index >= 15 is 0 Å². The average Bonchev–Trinajstić information content (AvgIpc) is 2.52. The minimum Gasteiger partial charge on any atom is -0.305 e. The lowest BCUT2D eigenvalue weighted by atomic mass is 9.99. The van der Waals surface area contributed by atoms with E-state index in [9.17, 15) is 4.39 Å². The Hall–Kier alpha value is -2.33. The lowest BCUT2D eigenvalue weighted by molar-refractivity contribution is 0.591. The number of benzene rings is 1. The maximum Gasteiger partial charge on any atom is 0.141 e. The molecule has 0 saturated heterocycles. The van der Waals surface area contributed by atoms with E-state index in [-0.39, 0.29) is 11.9 Å². The van der Waals surface area contributed by atoms with Crippen LogP contribution in [0, 0.1) is 5.82 Å². The third kappa shape index (κ3) is 2.76. The second-order valence-corrected chi connectivity index (χ2v) is 4.84. The molecule has 1 N–H and O–H groups in total. The van der Waals surface area contributed by atoms with Gasteiger partial charge in [0.15, 0.2) is 0 Å². The molecule has 1 unspecified atom stereocenters. The van der Waals surface area contributed by atoms with E-state index in [1.807, 2.05) is 37.3 Å². The fourth-order valence-electron chi connectivity index (χ4n) is 2.54. The van der Waals surface area contributed by atoms with Crippen LogP contribution in [0.3, 0.4) is 0 Å². The minimum atomic E-state index is -0.337. The fourth-order valence-corrected chi connectivity index (χ4v) is 2.54. The predicted octanol–water partition coefficient (Wildman–Crippen LogP) is 3.47. The Kier molecular flexibility index (Phi) is 3.88. The van der Waals surface area contributed by atoms with Crippen molar-refractivity contribution in [1.82, 2.24) is 15.3 Å². The van der Waals surface area contributed by atoms with Crippen LogP contribution in [0.4, 0.5) is 4.39 Å². The van der Waals surface area contributed by atoms with Crippen LogP contribution in [0.1, 0.15) is 24.2 Å². The van der Waals surface area contributed by atoms with Gasteiger partial charge in [0.1, 0.15) is 5.82 Å². The summed E-state index contributed by atoms with van der Waals surface area (Å²) in [6.07, 6.45) is 4.68. The number of pyridine rings is 2. The summed E-state index contributed by atoms with van der Waals surface area (Å²) in [4.78, 5) is 8.47. The van der Waals surface area contributed by atoms with E-state index in [4.69, 9.17) is 0 Å². The van der Waals surface area contributed by atoms with Crippen LogP contribution < -0.4 is 5.32 Å². The van der Waals surface area contributed by atoms with Crippen LogP contribution >= 0.6 is 0 Å². The second kappa shape index (κ2) is 5.97. The van der Waals surface area contributed by atoms with Gasteiger partial charge in [-0.3, -0.25) is 9.97 Å². The van der Waals surface area contributed by atoms with Crippen LogP contribution in [0.25, 0.3) is 10.8 Å². The zero-order valence-electron chi connectivity index (χ0n) is 11.8. The van der Waals surface area contributed by atoms with Crippen molar-refractivity contribution in [2.24, 2.45) is 0 Å². The van der Waals surface area contributed by atoms with Gasteiger partial charge in [0.05, 0.1) is 17.9 Å². The number of fused-ring (bicyclic) bond motifs is 1. The van der Waals surface area contributed by atoms with Crippen molar-refractivity contribution in [3.63, 3.8) is 0 Å². The molecule has 0 radical (unpaired) electrons. The first-order valence-corrected chi connectivity index (χ1v) is 6.97. The molecule has 0 fully saturated rings. The van der Waals surface area contributed by atoms with E-state index < -0.39 is 0 Å². The van der Waals surface area contributed by atoms with Crippen LogP contribution in [0.2, 0.25) is 0 Å². The number of hydrogen-bond donors (Lipinski definition) is 1. The van der Waals surface area contributed by atoms with Crippen molar-refractivity contribution in [2.45, 2.75) is 13.0 Å². The highest BCUT2D eigenvalue weighted by Crippen LogP contribution is 2.27. The molecule has 1 aromatic carbocycles. The summed E-state index contributed by atoms with van der Waals surface area (Å²) in [5, 5.41) is 5.55. The molecule has 0 saturated carbocycles. The molecule has 0 aliphatic carbocycles. The van der Waals surface area contributed by atoms with Gasteiger partial charge in [-0.05, 0) is 29.6 Å². The maximum atomic E-state index is 13.5. The summed E-state index contributed by atoms with van der Waals surface area (Å²) >= 11 is 0. The van der Waals surface area contributed by atoms with Gasteiger partial charge in [0, 0.05) is 17.8 Å². The Morgan fingerprint density at radius 3 is 2.86 bits per heavy atom. The molecule has 3 rings (SSSR count). The second-order valence-electron chi connectivity index (χ2n) is 4.84. The molecule has 0 amide bonds. The Morgan fingerprint density at radius 1 is 1.19 bits per heavy atom. The summed E-state index contributed by atoms with van der Waals surface area (Å²) in [7, 11) is 0. The number of aromatic nitrogens is 2. The van der Waals surface area contributed by atoms with Gasteiger partial charge < -0.3 is 5.32 Å². The molecule has 0 spiro atoms. The van der Waals surface area contributed by atoms with Crippen molar-refractivity contribution in [3.8, 4) is 0 Å². The fraction of sp³-hybridized carbons (Fsp3) is 0.176. The Bertz CT molecular complexity index is 752. The van der Waals surface area contributed by atoms with Gasteiger partial charge in [-0.25, -0.2) is 4.39 Å². The van der Waals surface area contributed by atoms with Gasteiger partial charge in [-0.2, -0.15) is 0 Å². The van der Waals surface area contributed by atoms with Gasteiger partial charge in [0.25, 0.3) is 0 Å². The standard InChI is InChI=1S/C17H16FN3/c1-2-20-16(13-9-14(18)11-19-10-13)17-15-6-4-3-5-12(15)7-8-21-17/h3-11,16,20H,2H2,1H3. The predicted molar refractivity (Wildman–Crippen MR) is 81.5 cm³/mol. The van der Waals surface area contributed by atoms with Gasteiger partial charge >= 0.3 is 0 Å². The Morgan fingerprint density at radius 2 is 2.05 bits per heavy atom. The summed E-state index contributed by atoms with van der Waals surface area (Å²) in [5.41, 5.74) is 1.67. The largest absolute Gasteiger partial charge is 0.305 e. The smallest absolute Gasteiger partial charge is 0.141 e. The molecule has 106 valence electrons. The third-order valence-electron chi connectivity index (χ3n) is 3.45. The summed E-state index contributed by atoms with van der Waals surface area (Å²) < 4.78 is 13.5. The summed E-state index contributed by atoms with van der Waals surface area (Å²) in [5.74, 6) is -0.337. The molecular weight excluding hydrogens is 265 g/mol. The first-order valence-electron chi connectivity index (χ1n) is 6.97. The molecule has 2 aromatic heterocycles. The molecule has 21 heavy (non-hydrogen) atoms. The highest BCUT2D eigenvalue weighted by Gasteiger charge is 2.17. The quantitative estimate of drug-likeness (QED) is 0.795. The monoisotopic (exact) mass is 281 g/mol. The first kappa shape index (κ1) is 13.6. The molecule has 0 bridgehead atoms. The van der Waals surface area contributed by atoms with Gasteiger partial charge in [-0.1, -0.05) is 31.2 Å². The van der Waals surface area contributed by atoms with Crippen LogP contribution in [-0.4, -0.2) is 16.5 Å². The van der Waals surface area contributed by atoms with Gasteiger partial charge in [0.2, 0.25) is 0 Å². The third-order valence-corrected chi connectivity index (χ3v) is 3.45. The molecular formula is C17H16FN3. The van der Waals surface area contributed by atoms with Crippen molar-refractivity contribution >= 4 is 10.8 Å². The van der Waals surface area contributed by atoms with Crippen LogP contribution in [0.5, 0.6) is 0 Å². The van der Waals surface area contributed by atoms with Crippen molar-refractivity contribution in [2.75, 3.05) is 6.54 Å². The number of hydrogen-bond acceptors (Lipinski definition) is 3. The number of halogens is 1.